The molecule has 1 N–H and O–H groups in total. The first-order valence-electron chi connectivity index (χ1n) is 18.6. The molecule has 0 unspecified atom stereocenters. The second kappa shape index (κ2) is 20.4. The van der Waals surface area contributed by atoms with E-state index in [0.717, 1.165) is 39.4 Å². The van der Waals surface area contributed by atoms with Gasteiger partial charge in [-0.05, 0) is 89.4 Å². The van der Waals surface area contributed by atoms with Gasteiger partial charge in [0.2, 0.25) is 5.13 Å². The summed E-state index contributed by atoms with van der Waals surface area (Å²) in [4.78, 5) is 34.4. The molecule has 6 rings (SSSR count). The Hall–Kier alpha value is -5.85. The predicted molar refractivity (Wildman–Crippen MR) is 229 cm³/mol. The zero-order valence-electron chi connectivity index (χ0n) is 31.8. The maximum Gasteiger partial charge on any atom is 0.338 e. The van der Waals surface area contributed by atoms with Gasteiger partial charge in [0.15, 0.2) is 0 Å². The van der Waals surface area contributed by atoms with Crippen LogP contribution in [0.25, 0.3) is 32.6 Å². The monoisotopic (exact) mass is 802 g/mol. The van der Waals surface area contributed by atoms with Gasteiger partial charge in [0.05, 0.1) is 31.6 Å². The highest BCUT2D eigenvalue weighted by Gasteiger charge is 2.15. The number of aromatic nitrogens is 2. The van der Waals surface area contributed by atoms with E-state index in [9.17, 15) is 9.59 Å². The molecular formula is C45H43FN4O5S2. The van der Waals surface area contributed by atoms with E-state index in [1.54, 1.807) is 43.6 Å². The normalized spacial score (nSPS) is 11.1. The van der Waals surface area contributed by atoms with Crippen molar-refractivity contribution in [1.29, 1.82) is 0 Å². The maximum atomic E-state index is 15.8. The summed E-state index contributed by atoms with van der Waals surface area (Å²) >= 11 is 3.25. The van der Waals surface area contributed by atoms with Crippen LogP contribution >= 0.6 is 23.1 Å². The third kappa shape index (κ3) is 11.6. The molecule has 57 heavy (non-hydrogen) atoms. The minimum Gasteiger partial charge on any atom is -0.493 e. The van der Waals surface area contributed by atoms with Crippen LogP contribution in [0.4, 0.5) is 9.52 Å². The van der Waals surface area contributed by atoms with E-state index in [1.165, 1.54) is 23.0 Å². The number of hydrogen-bond donors (Lipinski definition) is 1. The van der Waals surface area contributed by atoms with Gasteiger partial charge in [-0.3, -0.25) is 5.43 Å². The minimum absolute atomic E-state index is 0.163. The zero-order chi connectivity index (χ0) is 40.0. The molecule has 0 fully saturated rings. The molecule has 6 aromatic rings. The molecule has 0 aliphatic heterocycles. The molecule has 0 amide bonds. The number of carbonyl (C=O) groups is 2. The second-order valence-electron chi connectivity index (χ2n) is 13.1. The molecule has 2 heterocycles. The number of thioether (sulfide) groups is 1. The van der Waals surface area contributed by atoms with Crippen LogP contribution in [0.2, 0.25) is 0 Å². The van der Waals surface area contributed by atoms with Gasteiger partial charge in [0.25, 0.3) is 0 Å². The number of hydrazone groups is 1. The largest absolute Gasteiger partial charge is 0.493 e. The van der Waals surface area contributed by atoms with Gasteiger partial charge in [-0.25, -0.2) is 23.9 Å². The van der Waals surface area contributed by atoms with E-state index in [-0.39, 0.29) is 19.0 Å². The van der Waals surface area contributed by atoms with E-state index in [0.29, 0.717) is 63.7 Å². The van der Waals surface area contributed by atoms with Crippen molar-refractivity contribution >= 4 is 56.7 Å². The fourth-order valence-corrected chi connectivity index (χ4v) is 7.32. The van der Waals surface area contributed by atoms with Gasteiger partial charge in [-0.1, -0.05) is 79.4 Å². The van der Waals surface area contributed by atoms with Crippen LogP contribution in [-0.4, -0.2) is 53.7 Å². The molecule has 0 bridgehead atoms. The number of fused-ring (bicyclic) bond motifs is 1. The number of esters is 2. The van der Waals surface area contributed by atoms with Crippen molar-refractivity contribution < 1.29 is 28.2 Å². The van der Waals surface area contributed by atoms with E-state index in [1.807, 2.05) is 66.4 Å². The van der Waals surface area contributed by atoms with Crippen molar-refractivity contribution in [3.8, 4) is 28.0 Å². The highest BCUT2D eigenvalue weighted by Crippen LogP contribution is 2.31. The third-order valence-electron chi connectivity index (χ3n) is 8.67. The van der Waals surface area contributed by atoms with Gasteiger partial charge < -0.3 is 14.2 Å². The molecule has 2 aromatic heterocycles. The standard InChI is InChI=1S/C45H43FN4O5S2/c1-4-25-56-29-32-8-12-33(13-9-32)39-19-14-34(27-40(39)46)38-18-15-35(26-36(38)28-48-50-45-49-41-7-5-21-47-42(41)57-45)44(52)55-24-20-31-10-16-37(17-11-31)53-22-6-23-54-43(51)30(2)3/h5,7-19,21,26-28H,2,4,6,20,22-25,29H2,1,3H3,(H,49,50)/b48-28+. The van der Waals surface area contributed by atoms with E-state index in [2.05, 4.69) is 46.1 Å². The van der Waals surface area contributed by atoms with E-state index in [4.69, 9.17) is 14.2 Å². The lowest BCUT2D eigenvalue weighted by atomic mass is 9.95. The summed E-state index contributed by atoms with van der Waals surface area (Å²) in [6.07, 6.45) is 5.49. The Labute approximate surface area is 340 Å². The molecule has 292 valence electrons. The number of halogens is 1. The number of benzene rings is 4. The first-order chi connectivity index (χ1) is 27.8. The predicted octanol–water partition coefficient (Wildman–Crippen LogP) is 10.5. The Balaban J connectivity index is 1.12. The summed E-state index contributed by atoms with van der Waals surface area (Å²) in [6.45, 7) is 8.15. The first kappa shape index (κ1) is 40.8. The quantitative estimate of drug-likeness (QED) is 0.0281. The van der Waals surface area contributed by atoms with Gasteiger partial charge in [0.1, 0.15) is 21.9 Å². The maximum absolute atomic E-state index is 15.8. The van der Waals surface area contributed by atoms with Crippen molar-refractivity contribution in [2.45, 2.75) is 38.9 Å². The number of pyridine rings is 1. The summed E-state index contributed by atoms with van der Waals surface area (Å²) < 4.78 is 32.2. The number of ether oxygens (including phenoxy) is 3. The van der Waals surface area contributed by atoms with Crippen molar-refractivity contribution in [3.63, 3.8) is 0 Å². The number of nitrogens with one attached hydrogen (secondary N) is 1. The average molecular weight is 803 g/mol. The fraction of sp³-hybridized carbons (Fsp3) is 0.222. The molecule has 9 nitrogen and oxygen atoms in total. The van der Waals surface area contributed by atoms with Crippen LogP contribution in [0.3, 0.4) is 0 Å². The summed E-state index contributed by atoms with van der Waals surface area (Å²) in [7, 11) is 0. The number of carbonyl (C=O) groups excluding carboxylic acids is 2. The van der Waals surface area contributed by atoms with Crippen molar-refractivity contribution in [2.75, 3.05) is 31.0 Å². The number of anilines is 1. The van der Waals surface area contributed by atoms with Gasteiger partial charge in [0, 0.05) is 41.5 Å². The molecule has 0 aliphatic carbocycles. The minimum atomic E-state index is -0.494. The summed E-state index contributed by atoms with van der Waals surface area (Å²) in [5, 5.41) is 4.99. The lowest BCUT2D eigenvalue weighted by Gasteiger charge is -2.12. The molecule has 0 radical (unpaired) electrons. The number of nitrogens with zero attached hydrogens (tertiary/aromatic N) is 3. The zero-order valence-corrected chi connectivity index (χ0v) is 33.5. The van der Waals surface area contributed by atoms with Crippen LogP contribution in [0.15, 0.2) is 121 Å². The fourth-order valence-electron chi connectivity index (χ4n) is 5.70. The van der Waals surface area contributed by atoms with Crippen molar-refractivity contribution in [1.82, 2.24) is 9.97 Å². The molecule has 12 heteroatoms. The SMILES string of the molecule is C=C(C)C(=O)OCCCOc1ccc(CCOC(=O)c2ccc(-c3ccc(-c4ccc(CSCCC)cc4)c(F)c3)c(/C=N/Nc3nc4cccnc4s3)c2)cc1. The van der Waals surface area contributed by atoms with Crippen molar-refractivity contribution in [3.05, 3.63) is 143 Å². The average Bonchev–Trinajstić information content (AvgIpc) is 3.64. The Kier molecular flexibility index (Phi) is 14.6. The molecular weight excluding hydrogens is 760 g/mol. The number of hydrogen-bond acceptors (Lipinski definition) is 11. The third-order valence-corrected chi connectivity index (χ3v) is 10.8. The van der Waals surface area contributed by atoms with Gasteiger partial charge in [-0.15, -0.1) is 0 Å². The summed E-state index contributed by atoms with van der Waals surface area (Å²) in [5.41, 5.74) is 9.81. The van der Waals surface area contributed by atoms with Crippen LogP contribution in [-0.2, 0) is 26.4 Å². The van der Waals surface area contributed by atoms with Crippen molar-refractivity contribution in [2.24, 2.45) is 5.10 Å². The Morgan fingerprint density at radius 3 is 2.44 bits per heavy atom. The molecule has 0 atom stereocenters. The van der Waals surface area contributed by atoms with Gasteiger partial charge in [-0.2, -0.15) is 16.9 Å². The molecule has 0 spiro atoms. The highest BCUT2D eigenvalue weighted by molar-refractivity contribution is 7.98. The summed E-state index contributed by atoms with van der Waals surface area (Å²) in [6, 6.07) is 29.5. The molecule has 4 aromatic carbocycles. The molecule has 0 saturated carbocycles. The van der Waals surface area contributed by atoms with Crippen LogP contribution in [0.5, 0.6) is 5.75 Å². The Bertz CT molecular complexity index is 2310. The van der Waals surface area contributed by atoms with E-state index >= 15 is 4.39 Å². The molecule has 0 aliphatic rings. The highest BCUT2D eigenvalue weighted by atomic mass is 32.2. The van der Waals surface area contributed by atoms with Crippen LogP contribution in [0.1, 0.15) is 53.7 Å². The van der Waals surface area contributed by atoms with Crippen LogP contribution < -0.4 is 10.2 Å². The number of thiazole rings is 1. The van der Waals surface area contributed by atoms with Gasteiger partial charge >= 0.3 is 11.9 Å². The first-order valence-corrected chi connectivity index (χ1v) is 20.6. The Morgan fingerprint density at radius 2 is 1.68 bits per heavy atom. The van der Waals surface area contributed by atoms with E-state index < -0.39 is 11.9 Å². The molecule has 0 saturated heterocycles. The Morgan fingerprint density at radius 1 is 0.912 bits per heavy atom. The second-order valence-corrected chi connectivity index (χ2v) is 15.2. The van der Waals surface area contributed by atoms with Crippen LogP contribution in [0, 0.1) is 5.82 Å². The lowest BCUT2D eigenvalue weighted by Crippen LogP contribution is -2.09. The summed E-state index contributed by atoms with van der Waals surface area (Å²) in [5.74, 6) is 1.46. The topological polar surface area (TPSA) is 112 Å². The number of rotatable bonds is 19. The smallest absolute Gasteiger partial charge is 0.338 e. The lowest BCUT2D eigenvalue weighted by molar-refractivity contribution is -0.139.